The molecule has 0 aromatic heterocycles. The Morgan fingerprint density at radius 1 is 1.15 bits per heavy atom. The topological polar surface area (TPSA) is 36.9 Å². The van der Waals surface area contributed by atoms with E-state index in [1.807, 2.05) is 11.8 Å². The van der Waals surface area contributed by atoms with E-state index in [0.29, 0.717) is 0 Å². The average Bonchev–Trinajstić information content (AvgIpc) is 3.15. The van der Waals surface area contributed by atoms with Gasteiger partial charge in [-0.1, -0.05) is 13.3 Å². The highest BCUT2D eigenvalue weighted by molar-refractivity contribution is 8.23. The number of hydrogen-bond acceptors (Lipinski definition) is 6. The molecular weight excluding hydrogens is 296 g/mol. The summed E-state index contributed by atoms with van der Waals surface area (Å²) in [6.45, 7) is 3.79. The van der Waals surface area contributed by atoms with E-state index in [1.54, 1.807) is 24.3 Å². The molecular formula is C14H20O4S2. The fourth-order valence-corrected chi connectivity index (χ4v) is 5.39. The molecule has 112 valence electrons. The number of thioether (sulfide) groups is 2. The molecule has 0 saturated carbocycles. The van der Waals surface area contributed by atoms with Gasteiger partial charge in [-0.05, 0) is 19.3 Å². The molecule has 1 saturated heterocycles. The van der Waals surface area contributed by atoms with Crippen molar-refractivity contribution in [2.45, 2.75) is 49.8 Å². The number of rotatable bonds is 5. The molecule has 0 spiro atoms. The number of ether oxygens (including phenoxy) is 4. The minimum Gasteiger partial charge on any atom is -0.455 e. The molecule has 4 nitrogen and oxygen atoms in total. The number of hydrogen-bond donors (Lipinski definition) is 0. The van der Waals surface area contributed by atoms with E-state index in [4.69, 9.17) is 18.9 Å². The first-order valence-corrected chi connectivity index (χ1v) is 8.90. The van der Waals surface area contributed by atoms with Crippen LogP contribution < -0.4 is 0 Å². The summed E-state index contributed by atoms with van der Waals surface area (Å²) in [7, 11) is 0. The first kappa shape index (κ1) is 14.6. The van der Waals surface area contributed by atoms with Gasteiger partial charge in [0.1, 0.15) is 17.1 Å². The molecule has 1 unspecified atom stereocenters. The highest BCUT2D eigenvalue weighted by Gasteiger charge is 2.38. The summed E-state index contributed by atoms with van der Waals surface area (Å²) in [6.07, 6.45) is 7.27. The summed E-state index contributed by atoms with van der Waals surface area (Å²) in [5, 5.41) is 0. The molecule has 3 aliphatic heterocycles. The van der Waals surface area contributed by atoms with Crippen molar-refractivity contribution < 1.29 is 18.9 Å². The average molecular weight is 316 g/mol. The first-order chi connectivity index (χ1) is 9.88. The SMILES string of the molecule is CCCCC1=C(C2OC=CO2)SC(C2OCCCO2)S1. The van der Waals surface area contributed by atoms with E-state index >= 15 is 0 Å². The Morgan fingerprint density at radius 3 is 2.60 bits per heavy atom. The van der Waals surface area contributed by atoms with Gasteiger partial charge in [-0.2, -0.15) is 0 Å². The van der Waals surface area contributed by atoms with E-state index in [0.717, 1.165) is 26.1 Å². The maximum absolute atomic E-state index is 5.74. The van der Waals surface area contributed by atoms with E-state index in [9.17, 15) is 0 Å². The molecule has 20 heavy (non-hydrogen) atoms. The second-order valence-corrected chi connectivity index (χ2v) is 7.55. The molecule has 0 N–H and O–H groups in total. The fraction of sp³-hybridized carbons (Fsp3) is 0.714. The first-order valence-electron chi connectivity index (χ1n) is 7.14. The lowest BCUT2D eigenvalue weighted by Gasteiger charge is -2.27. The standard InChI is InChI=1S/C14H20O4S2/c1-2-3-5-10-11(12-17-8-9-18-12)20-14(19-10)13-15-6-4-7-16-13/h8-9,12-14H,2-7H2,1H3. The van der Waals surface area contributed by atoms with Crippen molar-refractivity contribution in [3.8, 4) is 0 Å². The van der Waals surface area contributed by atoms with Gasteiger partial charge in [-0.3, -0.25) is 0 Å². The summed E-state index contributed by atoms with van der Waals surface area (Å²) in [5.41, 5.74) is 0. The molecule has 0 aliphatic carbocycles. The Labute approximate surface area is 128 Å². The molecule has 0 aromatic carbocycles. The third-order valence-electron chi connectivity index (χ3n) is 3.28. The molecule has 1 atom stereocenters. The minimum absolute atomic E-state index is 0.123. The van der Waals surface area contributed by atoms with Gasteiger partial charge in [-0.25, -0.2) is 0 Å². The van der Waals surface area contributed by atoms with Gasteiger partial charge in [0.15, 0.2) is 6.29 Å². The van der Waals surface area contributed by atoms with Crippen molar-refractivity contribution >= 4 is 23.5 Å². The van der Waals surface area contributed by atoms with E-state index in [1.165, 1.54) is 22.7 Å². The third-order valence-corrected chi connectivity index (χ3v) is 6.30. The lowest BCUT2D eigenvalue weighted by atomic mass is 10.2. The molecule has 0 amide bonds. The molecule has 3 heterocycles. The second-order valence-electron chi connectivity index (χ2n) is 4.83. The van der Waals surface area contributed by atoms with Crippen LogP contribution in [0.4, 0.5) is 0 Å². The normalized spacial score (nSPS) is 27.9. The zero-order valence-electron chi connectivity index (χ0n) is 11.6. The molecule has 0 bridgehead atoms. The van der Waals surface area contributed by atoms with Crippen LogP contribution in [0.3, 0.4) is 0 Å². The number of allylic oxidation sites excluding steroid dienone is 1. The number of unbranched alkanes of at least 4 members (excludes halogenated alkanes) is 1. The highest BCUT2D eigenvalue weighted by Crippen LogP contribution is 2.52. The summed E-state index contributed by atoms with van der Waals surface area (Å²) >= 11 is 3.63. The molecule has 0 aromatic rings. The Bertz CT molecular complexity index is 383. The summed E-state index contributed by atoms with van der Waals surface area (Å²) in [4.78, 5) is 2.56. The second kappa shape index (κ2) is 7.11. The summed E-state index contributed by atoms with van der Waals surface area (Å²) in [6, 6.07) is 0. The fourth-order valence-electron chi connectivity index (χ4n) is 2.26. The van der Waals surface area contributed by atoms with Gasteiger partial charge in [0.2, 0.25) is 0 Å². The zero-order chi connectivity index (χ0) is 13.8. The summed E-state index contributed by atoms with van der Waals surface area (Å²) in [5.74, 6) is 0. The van der Waals surface area contributed by atoms with E-state index < -0.39 is 0 Å². The van der Waals surface area contributed by atoms with Crippen LogP contribution in [0.5, 0.6) is 0 Å². The highest BCUT2D eigenvalue weighted by atomic mass is 32.2. The Kier molecular flexibility index (Phi) is 5.20. The monoisotopic (exact) mass is 316 g/mol. The quantitative estimate of drug-likeness (QED) is 0.768. The van der Waals surface area contributed by atoms with Gasteiger partial charge in [0, 0.05) is 4.91 Å². The smallest absolute Gasteiger partial charge is 0.273 e. The molecule has 3 rings (SSSR count). The zero-order valence-corrected chi connectivity index (χ0v) is 13.2. The third kappa shape index (κ3) is 3.30. The van der Waals surface area contributed by atoms with Crippen molar-refractivity contribution in [1.29, 1.82) is 0 Å². The Morgan fingerprint density at radius 2 is 1.90 bits per heavy atom. The van der Waals surface area contributed by atoms with Gasteiger partial charge in [0.05, 0.1) is 18.1 Å². The van der Waals surface area contributed by atoms with Crippen molar-refractivity contribution in [1.82, 2.24) is 0 Å². The van der Waals surface area contributed by atoms with Crippen molar-refractivity contribution in [3.05, 3.63) is 22.3 Å². The van der Waals surface area contributed by atoms with Crippen LogP contribution in [0.1, 0.15) is 32.6 Å². The Balaban J connectivity index is 1.65. The van der Waals surface area contributed by atoms with Gasteiger partial charge in [-0.15, -0.1) is 23.5 Å². The molecule has 3 aliphatic rings. The van der Waals surface area contributed by atoms with Gasteiger partial charge < -0.3 is 18.9 Å². The van der Waals surface area contributed by atoms with Crippen LogP contribution >= 0.6 is 23.5 Å². The van der Waals surface area contributed by atoms with Crippen LogP contribution in [-0.4, -0.2) is 30.4 Å². The van der Waals surface area contributed by atoms with Crippen LogP contribution in [0.15, 0.2) is 22.3 Å². The maximum atomic E-state index is 5.74. The van der Waals surface area contributed by atoms with Crippen LogP contribution in [0.2, 0.25) is 0 Å². The van der Waals surface area contributed by atoms with Gasteiger partial charge >= 0.3 is 0 Å². The van der Waals surface area contributed by atoms with Crippen molar-refractivity contribution in [3.63, 3.8) is 0 Å². The van der Waals surface area contributed by atoms with Crippen LogP contribution in [-0.2, 0) is 18.9 Å². The molecule has 0 radical (unpaired) electrons. The lowest BCUT2D eigenvalue weighted by molar-refractivity contribution is -0.168. The predicted octanol–water partition coefficient (Wildman–Crippen LogP) is 3.80. The van der Waals surface area contributed by atoms with Crippen LogP contribution in [0, 0.1) is 0 Å². The van der Waals surface area contributed by atoms with Crippen molar-refractivity contribution in [2.24, 2.45) is 0 Å². The predicted molar refractivity (Wildman–Crippen MR) is 80.9 cm³/mol. The van der Waals surface area contributed by atoms with E-state index in [2.05, 4.69) is 6.92 Å². The summed E-state index contributed by atoms with van der Waals surface area (Å²) < 4.78 is 22.7. The van der Waals surface area contributed by atoms with E-state index in [-0.39, 0.29) is 17.2 Å². The largest absolute Gasteiger partial charge is 0.455 e. The van der Waals surface area contributed by atoms with Crippen molar-refractivity contribution in [2.75, 3.05) is 13.2 Å². The lowest BCUT2D eigenvalue weighted by Crippen LogP contribution is -2.31. The Hall–Kier alpha value is -0.300. The minimum atomic E-state index is -0.270. The van der Waals surface area contributed by atoms with Gasteiger partial charge in [0.25, 0.3) is 6.29 Å². The maximum Gasteiger partial charge on any atom is 0.273 e. The van der Waals surface area contributed by atoms with Crippen LogP contribution in [0.25, 0.3) is 0 Å². The molecule has 6 heteroatoms. The molecule has 1 fully saturated rings.